The maximum absolute atomic E-state index is 15.3. The molecule has 1 heterocycles. The Balaban J connectivity index is 1.10. The molecule has 1 aliphatic rings. The topological polar surface area (TPSA) is 778 Å². The highest BCUT2D eigenvalue weighted by molar-refractivity contribution is 6.00. The van der Waals surface area contributed by atoms with Gasteiger partial charge >= 0.3 is 59.7 Å². The summed E-state index contributed by atoms with van der Waals surface area (Å²) in [6, 6.07) is 7.92. The second-order valence-corrected chi connectivity index (χ2v) is 24.8. The van der Waals surface area contributed by atoms with Crippen LogP contribution in [0.15, 0.2) is 121 Å². The van der Waals surface area contributed by atoms with Gasteiger partial charge in [-0.25, -0.2) is 47.9 Å². The lowest BCUT2D eigenvalue weighted by Gasteiger charge is -2.43. The van der Waals surface area contributed by atoms with E-state index in [9.17, 15) is 161 Å². The molecule has 1 fully saturated rings. The first-order chi connectivity index (χ1) is 56.9. The molecular formula is C75H50O46. The lowest BCUT2D eigenvalue weighted by molar-refractivity contribution is -0.322. The van der Waals surface area contributed by atoms with Crippen LogP contribution in [-0.2, 0) is 28.4 Å². The Labute approximate surface area is 665 Å². The first-order valence-electron chi connectivity index (χ1n) is 32.7. The molecular weight excluding hydrogens is 1640 g/mol. The van der Waals surface area contributed by atoms with Gasteiger partial charge < -0.3 is 175 Å². The number of hydrogen-bond donors (Lipinski definition) is 25. The molecule has 1 aliphatic heterocycles. The van der Waals surface area contributed by atoms with Crippen molar-refractivity contribution in [2.75, 3.05) is 0 Å². The van der Waals surface area contributed by atoms with E-state index in [1.54, 1.807) is 0 Å². The van der Waals surface area contributed by atoms with E-state index in [-0.39, 0.29) is 18.2 Å². The zero-order valence-corrected chi connectivity index (χ0v) is 59.2. The highest BCUT2D eigenvalue weighted by atomic mass is 16.8. The number of phenolic OH excluding ortho intramolecular Hbond substituents is 25. The Kier molecular flexibility index (Phi) is 22.7. The van der Waals surface area contributed by atoms with Crippen molar-refractivity contribution >= 4 is 59.7 Å². The van der Waals surface area contributed by atoms with E-state index in [1.165, 1.54) is 0 Å². The number of benzene rings is 10. The number of hydrogen-bond acceptors (Lipinski definition) is 46. The minimum atomic E-state index is -3.25. The van der Waals surface area contributed by atoms with Crippen LogP contribution in [0.4, 0.5) is 0 Å². The average molecular weight is 1690 g/mol. The van der Waals surface area contributed by atoms with Crippen molar-refractivity contribution in [2.24, 2.45) is 0 Å². The van der Waals surface area contributed by atoms with Crippen LogP contribution in [0.3, 0.4) is 0 Å². The number of aromatic hydroxyl groups is 25. The molecule has 121 heavy (non-hydrogen) atoms. The van der Waals surface area contributed by atoms with Crippen LogP contribution in [0.1, 0.15) is 104 Å². The number of rotatable bonds is 20. The molecule has 0 aromatic heterocycles. The molecule has 5 atom stereocenters. The van der Waals surface area contributed by atoms with Crippen molar-refractivity contribution in [1.29, 1.82) is 0 Å². The Morgan fingerprint density at radius 3 is 0.471 bits per heavy atom. The molecule has 25 N–H and O–H groups in total. The van der Waals surface area contributed by atoms with E-state index >= 15 is 14.4 Å². The monoisotopic (exact) mass is 1690 g/mol. The highest BCUT2D eigenvalue weighted by Gasteiger charge is 2.57. The second-order valence-electron chi connectivity index (χ2n) is 24.8. The van der Waals surface area contributed by atoms with E-state index in [0.29, 0.717) is 103 Å². The van der Waals surface area contributed by atoms with Crippen LogP contribution in [0, 0.1) is 0 Å². The second kappa shape index (κ2) is 32.8. The van der Waals surface area contributed by atoms with Gasteiger partial charge in [0.05, 0.1) is 55.6 Å². The van der Waals surface area contributed by atoms with Crippen molar-refractivity contribution in [3.63, 3.8) is 0 Å². The molecule has 1 unspecified atom stereocenters. The average Bonchev–Trinajstić information content (AvgIpc) is 0.761. The summed E-state index contributed by atoms with van der Waals surface area (Å²) < 4.78 is 60.1. The zero-order valence-electron chi connectivity index (χ0n) is 59.2. The minimum absolute atomic E-state index is 0.263. The molecule has 0 amide bonds. The smallest absolute Gasteiger partial charge is 0.343 e. The third-order valence-corrected chi connectivity index (χ3v) is 16.6. The number of carbonyl (C=O) groups is 10. The third-order valence-electron chi connectivity index (χ3n) is 16.6. The lowest BCUT2D eigenvalue weighted by atomic mass is 10.0. The zero-order chi connectivity index (χ0) is 88.7. The summed E-state index contributed by atoms with van der Waals surface area (Å²) in [5.41, 5.74) is -10.4. The van der Waals surface area contributed by atoms with Gasteiger partial charge in [-0.2, -0.15) is 0 Å². The van der Waals surface area contributed by atoms with E-state index in [2.05, 4.69) is 0 Å². The molecule has 10 aromatic rings. The fraction of sp³-hybridized carbons (Fsp3) is 0.0667. The summed E-state index contributed by atoms with van der Waals surface area (Å²) in [7, 11) is 0. The van der Waals surface area contributed by atoms with E-state index < -0.39 is 319 Å². The Bertz CT molecular complexity index is 5660. The van der Waals surface area contributed by atoms with Gasteiger partial charge in [0.25, 0.3) is 0 Å². The van der Waals surface area contributed by atoms with Gasteiger partial charge in [-0.05, 0) is 121 Å². The van der Waals surface area contributed by atoms with Crippen molar-refractivity contribution < 1.29 is 228 Å². The van der Waals surface area contributed by atoms with Gasteiger partial charge in [0, 0.05) is 0 Å². The van der Waals surface area contributed by atoms with Gasteiger partial charge in [0.2, 0.25) is 53.5 Å². The van der Waals surface area contributed by atoms with Gasteiger partial charge in [-0.15, -0.1) is 0 Å². The molecule has 0 aliphatic carbocycles. The fourth-order valence-corrected chi connectivity index (χ4v) is 10.6. The SMILES string of the molecule is O=C(Oc1cc(C(=O)OC2[C@@H](OC(=O)c3cc(O)c(O)c(OC(=O)c4cc(O)c(O)c(O)c4)c3)[C@H](OC(=O)c3cc(O)c(O)c(OC(=O)c4cc(O)c(O)c(O)c4)c3)O[C@H](OC(=O)c3cc(O)c(O)c(OC(=O)c4cc(O)c(O)c(O)c4)c3)[C@H]2OC(=O)c2cc(O)c(O)c(OC(=O)c3cc(O)c(O)c(O)c3)c2)cc(O)c1O)c1cc(O)c(O)c(O)c1. The number of phenols is 25. The van der Waals surface area contributed by atoms with Gasteiger partial charge in [-0.3, -0.25) is 4.74 Å². The quantitative estimate of drug-likeness (QED) is 0.0211. The normalized spacial score (nSPS) is 14.7. The van der Waals surface area contributed by atoms with E-state index in [1.807, 2.05) is 0 Å². The largest absolute Gasteiger partial charge is 0.504 e. The van der Waals surface area contributed by atoms with Gasteiger partial charge in [0.15, 0.2) is 150 Å². The fourth-order valence-electron chi connectivity index (χ4n) is 10.6. The third kappa shape index (κ3) is 17.4. The lowest BCUT2D eigenvalue weighted by Crippen LogP contribution is -2.63. The van der Waals surface area contributed by atoms with E-state index in [0.717, 1.165) is 0 Å². The summed E-state index contributed by atoms with van der Waals surface area (Å²) in [4.78, 5) is 143. The maximum Gasteiger partial charge on any atom is 0.343 e. The van der Waals surface area contributed by atoms with Crippen LogP contribution in [0.25, 0.3) is 0 Å². The first-order valence-corrected chi connectivity index (χ1v) is 32.7. The Hall–Kier alpha value is -18.1. The summed E-state index contributed by atoms with van der Waals surface area (Å²) in [6.45, 7) is 0. The first kappa shape index (κ1) is 83.8. The molecule has 0 radical (unpaired) electrons. The van der Waals surface area contributed by atoms with Crippen molar-refractivity contribution in [1.82, 2.24) is 0 Å². The summed E-state index contributed by atoms with van der Waals surface area (Å²) in [5, 5.41) is 261. The predicted octanol–water partition coefficient (Wildman–Crippen LogP) is 4.80. The Morgan fingerprint density at radius 1 is 0.174 bits per heavy atom. The van der Waals surface area contributed by atoms with Crippen LogP contribution in [0.5, 0.6) is 172 Å². The number of carbonyl (C=O) groups excluding carboxylic acids is 10. The number of esters is 10. The molecule has 46 nitrogen and oxygen atoms in total. The molecule has 626 valence electrons. The van der Waals surface area contributed by atoms with Crippen LogP contribution >= 0.6 is 0 Å². The minimum Gasteiger partial charge on any atom is -0.504 e. The molecule has 46 heteroatoms. The summed E-state index contributed by atoms with van der Waals surface area (Å²) in [5.74, 6) is -57.4. The molecule has 0 spiro atoms. The predicted molar refractivity (Wildman–Crippen MR) is 378 cm³/mol. The maximum atomic E-state index is 15.3. The standard InChI is InChI=1S/C75H50O46/c76-31-1-21(2-32(77)51(31)91)64(101)111-46-16-26(11-41(86)56(46)96)69(106)116-61-62(117-70(107)27-12-42(87)57(97)47(17-27)112-65(102)22-3-33(78)52(92)34(79)4-22)74(119-72(109)29-14-44(89)59(99)49(19-29)114-67(104)24-7-37(82)54(94)38(83)8-24)121-75(120-73(110)30-15-45(90)60(100)50(20-30)115-68(105)25-9-39(84)55(95)40(85)10-25)63(61)118-71(108)28-13-43(88)58(98)48(18-28)113-66(103)23-5-35(80)53(93)36(81)6-23/h1-20,61-63,74-100H/t61?,62-,63+,74-,75+. The summed E-state index contributed by atoms with van der Waals surface area (Å²) in [6.07, 6.45) is -16.2. The molecule has 1 saturated heterocycles. The van der Waals surface area contributed by atoms with Crippen molar-refractivity contribution in [3.05, 3.63) is 177 Å². The van der Waals surface area contributed by atoms with Crippen LogP contribution < -0.4 is 23.7 Å². The van der Waals surface area contributed by atoms with Crippen molar-refractivity contribution in [3.8, 4) is 172 Å². The molecule has 11 rings (SSSR count). The summed E-state index contributed by atoms with van der Waals surface area (Å²) >= 11 is 0. The number of ether oxygens (including phenoxy) is 11. The highest BCUT2D eigenvalue weighted by Crippen LogP contribution is 2.48. The van der Waals surface area contributed by atoms with Gasteiger partial charge in [-0.1, -0.05) is 0 Å². The van der Waals surface area contributed by atoms with Crippen LogP contribution in [0.2, 0.25) is 0 Å². The Morgan fingerprint density at radius 2 is 0.306 bits per heavy atom. The van der Waals surface area contributed by atoms with E-state index in [4.69, 9.17) is 52.1 Å². The van der Waals surface area contributed by atoms with Crippen LogP contribution in [-0.4, -0.2) is 218 Å². The molecule has 0 saturated carbocycles. The molecule has 10 aromatic carbocycles. The van der Waals surface area contributed by atoms with Crippen molar-refractivity contribution in [2.45, 2.75) is 30.9 Å². The molecule has 0 bridgehead atoms. The van der Waals surface area contributed by atoms with Gasteiger partial charge in [0.1, 0.15) is 0 Å².